The van der Waals surface area contributed by atoms with Crippen molar-refractivity contribution in [1.29, 1.82) is 0 Å². The molecule has 1 unspecified atom stereocenters. The highest BCUT2D eigenvalue weighted by molar-refractivity contribution is 5.85. The first-order chi connectivity index (χ1) is 10.5. The van der Waals surface area contributed by atoms with E-state index in [1.54, 1.807) is 25.1 Å². The number of rotatable bonds is 4. The molecule has 0 aliphatic carbocycles. The molecule has 0 aliphatic heterocycles. The summed E-state index contributed by atoms with van der Waals surface area (Å²) in [7, 11) is 2.96. The Hall–Kier alpha value is -2.63. The number of likely N-dealkylation sites (N-methyl/N-ethyl adjacent to an activating group) is 1. The number of amides is 2. The predicted molar refractivity (Wildman–Crippen MR) is 83.2 cm³/mol. The van der Waals surface area contributed by atoms with Crippen LogP contribution in [0.25, 0.3) is 10.9 Å². The minimum Gasteiger partial charge on any atom is -0.453 e. The summed E-state index contributed by atoms with van der Waals surface area (Å²) in [6, 6.07) is 9.10. The number of hydrogen-bond donors (Lipinski definition) is 1. The lowest BCUT2D eigenvalue weighted by molar-refractivity contribution is -0.132. The number of methoxy groups -OCH3 is 1. The van der Waals surface area contributed by atoms with Crippen molar-refractivity contribution in [3.8, 4) is 0 Å². The molecule has 2 rings (SSSR count). The van der Waals surface area contributed by atoms with Gasteiger partial charge in [-0.2, -0.15) is 0 Å². The molecule has 6 heteroatoms. The van der Waals surface area contributed by atoms with Crippen LogP contribution in [-0.4, -0.2) is 42.1 Å². The van der Waals surface area contributed by atoms with Gasteiger partial charge in [0, 0.05) is 25.2 Å². The van der Waals surface area contributed by atoms with Gasteiger partial charge in [0.2, 0.25) is 5.91 Å². The Balaban J connectivity index is 2.04. The molecule has 2 amide bonds. The van der Waals surface area contributed by atoms with E-state index < -0.39 is 12.1 Å². The van der Waals surface area contributed by atoms with E-state index in [-0.39, 0.29) is 5.91 Å². The number of fused-ring (bicyclic) bond motifs is 1. The van der Waals surface area contributed by atoms with Crippen molar-refractivity contribution in [1.82, 2.24) is 15.2 Å². The van der Waals surface area contributed by atoms with Gasteiger partial charge in [0.1, 0.15) is 6.04 Å². The summed E-state index contributed by atoms with van der Waals surface area (Å²) in [5, 5.41) is 3.49. The van der Waals surface area contributed by atoms with Crippen LogP contribution in [0.1, 0.15) is 12.5 Å². The number of alkyl carbamates (subject to hydrolysis) is 1. The third kappa shape index (κ3) is 3.72. The summed E-state index contributed by atoms with van der Waals surface area (Å²) < 4.78 is 4.49. The van der Waals surface area contributed by atoms with Gasteiger partial charge in [-0.3, -0.25) is 9.78 Å². The smallest absolute Gasteiger partial charge is 0.407 e. The molecule has 0 fully saturated rings. The van der Waals surface area contributed by atoms with E-state index in [1.165, 1.54) is 7.11 Å². The third-order valence-electron chi connectivity index (χ3n) is 3.35. The highest BCUT2D eigenvalue weighted by atomic mass is 16.5. The number of aromatic nitrogens is 1. The summed E-state index contributed by atoms with van der Waals surface area (Å²) in [4.78, 5) is 29.2. The molecule has 22 heavy (non-hydrogen) atoms. The van der Waals surface area contributed by atoms with Gasteiger partial charge >= 0.3 is 6.09 Å². The first kappa shape index (κ1) is 15.8. The van der Waals surface area contributed by atoms with E-state index >= 15 is 0 Å². The van der Waals surface area contributed by atoms with Crippen LogP contribution in [0.15, 0.2) is 36.5 Å². The second-order valence-electron chi connectivity index (χ2n) is 5.08. The van der Waals surface area contributed by atoms with Crippen molar-refractivity contribution in [2.24, 2.45) is 0 Å². The zero-order valence-electron chi connectivity index (χ0n) is 12.9. The van der Waals surface area contributed by atoms with Crippen molar-refractivity contribution in [3.05, 3.63) is 42.1 Å². The largest absolute Gasteiger partial charge is 0.453 e. The summed E-state index contributed by atoms with van der Waals surface area (Å²) in [6.45, 7) is 2.08. The number of hydrogen-bond acceptors (Lipinski definition) is 4. The molecule has 1 N–H and O–H groups in total. The minimum atomic E-state index is -0.639. The van der Waals surface area contributed by atoms with Crippen LogP contribution >= 0.6 is 0 Å². The van der Waals surface area contributed by atoms with Gasteiger partial charge in [0.15, 0.2) is 0 Å². The van der Waals surface area contributed by atoms with Gasteiger partial charge in [0.05, 0.1) is 12.6 Å². The Bertz CT molecular complexity index is 687. The highest BCUT2D eigenvalue weighted by Crippen LogP contribution is 2.14. The number of nitrogens with one attached hydrogen (secondary N) is 1. The average Bonchev–Trinajstić information content (AvgIpc) is 2.53. The number of carbonyl (C=O) groups excluding carboxylic acids is 2. The fraction of sp³-hybridized carbons (Fsp3) is 0.312. The Morgan fingerprint density at radius 2 is 2.14 bits per heavy atom. The maximum Gasteiger partial charge on any atom is 0.407 e. The number of pyridine rings is 1. The van der Waals surface area contributed by atoms with Crippen molar-refractivity contribution in [2.75, 3.05) is 14.2 Å². The molecule has 0 spiro atoms. The first-order valence-corrected chi connectivity index (χ1v) is 6.94. The lowest BCUT2D eigenvalue weighted by Gasteiger charge is -2.22. The monoisotopic (exact) mass is 301 g/mol. The fourth-order valence-corrected chi connectivity index (χ4v) is 2.20. The van der Waals surface area contributed by atoms with Crippen molar-refractivity contribution < 1.29 is 14.3 Å². The fourth-order valence-electron chi connectivity index (χ4n) is 2.20. The first-order valence-electron chi connectivity index (χ1n) is 6.94. The lowest BCUT2D eigenvalue weighted by Crippen LogP contribution is -2.45. The van der Waals surface area contributed by atoms with E-state index in [1.807, 2.05) is 30.3 Å². The van der Waals surface area contributed by atoms with Crippen molar-refractivity contribution in [2.45, 2.75) is 19.5 Å². The molecule has 0 saturated carbocycles. The molecule has 0 saturated heterocycles. The Morgan fingerprint density at radius 3 is 2.86 bits per heavy atom. The van der Waals surface area contributed by atoms with Gasteiger partial charge in [-0.05, 0) is 30.7 Å². The molecule has 2 aromatic rings. The van der Waals surface area contributed by atoms with Crippen LogP contribution in [0, 0.1) is 0 Å². The molecule has 0 radical (unpaired) electrons. The molecule has 1 aromatic heterocycles. The number of benzene rings is 1. The van der Waals surface area contributed by atoms with E-state index in [2.05, 4.69) is 15.0 Å². The molecule has 1 atom stereocenters. The van der Waals surface area contributed by atoms with Gasteiger partial charge in [-0.15, -0.1) is 0 Å². The van der Waals surface area contributed by atoms with Crippen LogP contribution in [0.2, 0.25) is 0 Å². The number of ether oxygens (including phenoxy) is 1. The standard InChI is InChI=1S/C16H19N3O3/c1-11(18-16(21)22-3)15(20)19(2)10-12-6-7-14-13(9-12)5-4-8-17-14/h4-9,11H,10H2,1-3H3,(H,18,21). The van der Waals surface area contributed by atoms with Gasteiger partial charge in [0.25, 0.3) is 0 Å². The van der Waals surface area contributed by atoms with Crippen molar-refractivity contribution in [3.63, 3.8) is 0 Å². The van der Waals surface area contributed by atoms with Crippen molar-refractivity contribution >= 4 is 22.9 Å². The lowest BCUT2D eigenvalue weighted by atomic mass is 10.1. The third-order valence-corrected chi connectivity index (χ3v) is 3.35. The summed E-state index contributed by atoms with van der Waals surface area (Å²) >= 11 is 0. The Kier molecular flexibility index (Phi) is 4.93. The molecule has 116 valence electrons. The number of carbonyl (C=O) groups is 2. The minimum absolute atomic E-state index is 0.184. The Morgan fingerprint density at radius 1 is 1.36 bits per heavy atom. The quantitative estimate of drug-likeness (QED) is 0.936. The highest BCUT2D eigenvalue weighted by Gasteiger charge is 2.19. The van der Waals surface area contributed by atoms with Crippen LogP contribution < -0.4 is 5.32 Å². The second-order valence-corrected chi connectivity index (χ2v) is 5.08. The molecule has 1 heterocycles. The van der Waals surface area contributed by atoms with Gasteiger partial charge < -0.3 is 15.0 Å². The average molecular weight is 301 g/mol. The van der Waals surface area contributed by atoms with E-state index in [9.17, 15) is 9.59 Å². The normalized spacial score (nSPS) is 11.8. The van der Waals surface area contributed by atoms with Gasteiger partial charge in [-0.25, -0.2) is 4.79 Å². The molecular formula is C16H19N3O3. The molecule has 0 aliphatic rings. The molecule has 6 nitrogen and oxygen atoms in total. The van der Waals surface area contributed by atoms with Crippen LogP contribution in [0.4, 0.5) is 4.79 Å². The summed E-state index contributed by atoms with van der Waals surface area (Å²) in [6.07, 6.45) is 1.13. The van der Waals surface area contributed by atoms with Gasteiger partial charge in [-0.1, -0.05) is 12.1 Å². The van der Waals surface area contributed by atoms with E-state index in [4.69, 9.17) is 0 Å². The molecule has 0 bridgehead atoms. The second kappa shape index (κ2) is 6.89. The predicted octanol–water partition coefficient (Wildman–Crippen LogP) is 1.94. The van der Waals surface area contributed by atoms with Crippen LogP contribution in [0.3, 0.4) is 0 Å². The zero-order valence-corrected chi connectivity index (χ0v) is 12.9. The maximum absolute atomic E-state index is 12.2. The van der Waals surface area contributed by atoms with Crippen LogP contribution in [-0.2, 0) is 16.1 Å². The summed E-state index contributed by atoms with van der Waals surface area (Å²) in [5.41, 5.74) is 1.92. The topological polar surface area (TPSA) is 71.5 Å². The maximum atomic E-state index is 12.2. The van der Waals surface area contributed by atoms with Crippen LogP contribution in [0.5, 0.6) is 0 Å². The SMILES string of the molecule is COC(=O)NC(C)C(=O)N(C)Cc1ccc2ncccc2c1. The Labute approximate surface area is 129 Å². The van der Waals surface area contributed by atoms with E-state index in [0.717, 1.165) is 16.5 Å². The molecular weight excluding hydrogens is 282 g/mol. The summed E-state index contributed by atoms with van der Waals surface area (Å²) in [5.74, 6) is -0.184. The molecule has 1 aromatic carbocycles. The van der Waals surface area contributed by atoms with E-state index in [0.29, 0.717) is 6.54 Å². The number of nitrogens with zero attached hydrogens (tertiary/aromatic N) is 2. The zero-order chi connectivity index (χ0) is 16.1.